The molecule has 112 valence electrons. The van der Waals surface area contributed by atoms with Gasteiger partial charge in [0, 0.05) is 18.2 Å². The van der Waals surface area contributed by atoms with Crippen LogP contribution in [0, 0.1) is 32.4 Å². The first-order valence-corrected chi connectivity index (χ1v) is 6.46. The molecule has 0 heterocycles. The highest BCUT2D eigenvalue weighted by atomic mass is 16.6. The summed E-state index contributed by atoms with van der Waals surface area (Å²) in [5, 5.41) is 30.9. The number of nitrogens with zero attached hydrogens (tertiary/aromatic N) is 3. The zero-order valence-corrected chi connectivity index (χ0v) is 12.5. The Morgan fingerprint density at radius 1 is 1.52 bits per heavy atom. The van der Waals surface area contributed by atoms with Crippen molar-refractivity contribution in [2.45, 2.75) is 33.7 Å². The van der Waals surface area contributed by atoms with Crippen LogP contribution in [-0.4, -0.2) is 16.9 Å². The Kier molecular flexibility index (Phi) is 4.87. The third-order valence-corrected chi connectivity index (χ3v) is 3.27. The molecule has 0 spiro atoms. The molecule has 21 heavy (non-hydrogen) atoms. The van der Waals surface area contributed by atoms with Gasteiger partial charge in [0.15, 0.2) is 6.19 Å². The fourth-order valence-electron chi connectivity index (χ4n) is 1.47. The van der Waals surface area contributed by atoms with Crippen molar-refractivity contribution in [3.63, 3.8) is 0 Å². The Bertz CT molecular complexity index is 586. The van der Waals surface area contributed by atoms with E-state index in [2.05, 4.69) is 5.32 Å². The molecule has 0 fully saturated rings. The standard InChI is InChI=1S/C14H19N5O2/c1-10(14(2,3)4)17-13(16)18(9-15)11-6-5-7-12(8-11)19(20)21/h5-8,10H,1-4H3,(H2,16,17). The van der Waals surface area contributed by atoms with Gasteiger partial charge in [-0.05, 0) is 18.4 Å². The van der Waals surface area contributed by atoms with E-state index in [0.717, 1.165) is 4.90 Å². The van der Waals surface area contributed by atoms with Crippen LogP contribution in [-0.2, 0) is 0 Å². The van der Waals surface area contributed by atoms with E-state index in [1.807, 2.05) is 33.9 Å². The van der Waals surface area contributed by atoms with Crippen molar-refractivity contribution in [3.05, 3.63) is 34.4 Å². The van der Waals surface area contributed by atoms with Crippen LogP contribution in [0.1, 0.15) is 27.7 Å². The van der Waals surface area contributed by atoms with Crippen LogP contribution >= 0.6 is 0 Å². The topological polar surface area (TPSA) is 106 Å². The number of nitrogens with one attached hydrogen (secondary N) is 2. The summed E-state index contributed by atoms with van der Waals surface area (Å²) in [6.45, 7) is 7.96. The fraction of sp³-hybridized carbons (Fsp3) is 0.429. The third kappa shape index (κ3) is 4.18. The van der Waals surface area contributed by atoms with Crippen molar-refractivity contribution < 1.29 is 4.92 Å². The molecule has 0 aliphatic rings. The third-order valence-electron chi connectivity index (χ3n) is 3.27. The van der Waals surface area contributed by atoms with E-state index in [4.69, 9.17) is 5.41 Å². The molecule has 7 nitrogen and oxygen atoms in total. The second-order valence-corrected chi connectivity index (χ2v) is 5.79. The van der Waals surface area contributed by atoms with Crippen molar-refractivity contribution in [1.29, 1.82) is 10.7 Å². The Balaban J connectivity index is 2.98. The smallest absolute Gasteiger partial charge is 0.271 e. The fourth-order valence-corrected chi connectivity index (χ4v) is 1.47. The summed E-state index contributed by atoms with van der Waals surface area (Å²) in [6, 6.07) is 5.60. The van der Waals surface area contributed by atoms with Crippen LogP contribution in [0.5, 0.6) is 0 Å². The van der Waals surface area contributed by atoms with Crippen LogP contribution in [0.15, 0.2) is 24.3 Å². The minimum absolute atomic E-state index is 0.0421. The van der Waals surface area contributed by atoms with E-state index in [-0.39, 0.29) is 28.8 Å². The van der Waals surface area contributed by atoms with E-state index in [0.29, 0.717) is 0 Å². The number of anilines is 1. The maximum atomic E-state index is 10.8. The number of nitro benzene ring substituents is 1. The van der Waals surface area contributed by atoms with Crippen molar-refractivity contribution in [3.8, 4) is 6.19 Å². The number of rotatable bonds is 3. The van der Waals surface area contributed by atoms with Gasteiger partial charge in [0.2, 0.25) is 5.96 Å². The molecule has 0 saturated heterocycles. The summed E-state index contributed by atoms with van der Waals surface area (Å²) < 4.78 is 0. The Morgan fingerprint density at radius 3 is 2.62 bits per heavy atom. The van der Waals surface area contributed by atoms with Crippen molar-refractivity contribution in [2.75, 3.05) is 4.90 Å². The zero-order valence-electron chi connectivity index (χ0n) is 12.5. The van der Waals surface area contributed by atoms with Crippen molar-refractivity contribution in [2.24, 2.45) is 5.41 Å². The van der Waals surface area contributed by atoms with Crippen LogP contribution in [0.4, 0.5) is 11.4 Å². The summed E-state index contributed by atoms with van der Waals surface area (Å²) in [5.74, 6) is -0.111. The number of benzene rings is 1. The summed E-state index contributed by atoms with van der Waals surface area (Å²) in [5.41, 5.74) is 0.0746. The summed E-state index contributed by atoms with van der Waals surface area (Å²) >= 11 is 0. The largest absolute Gasteiger partial charge is 0.352 e. The van der Waals surface area contributed by atoms with Crippen molar-refractivity contribution in [1.82, 2.24) is 5.32 Å². The maximum absolute atomic E-state index is 10.8. The highest BCUT2D eigenvalue weighted by Crippen LogP contribution is 2.22. The molecule has 0 amide bonds. The first-order chi connectivity index (χ1) is 9.66. The molecular formula is C14H19N5O2. The van der Waals surface area contributed by atoms with Gasteiger partial charge in [-0.1, -0.05) is 26.8 Å². The van der Waals surface area contributed by atoms with E-state index in [9.17, 15) is 15.4 Å². The molecule has 0 radical (unpaired) electrons. The maximum Gasteiger partial charge on any atom is 0.271 e. The van der Waals surface area contributed by atoms with Crippen molar-refractivity contribution >= 4 is 17.3 Å². The highest BCUT2D eigenvalue weighted by Gasteiger charge is 2.23. The van der Waals surface area contributed by atoms with Gasteiger partial charge in [0.05, 0.1) is 10.6 Å². The number of nitro groups is 1. The first-order valence-electron chi connectivity index (χ1n) is 6.46. The lowest BCUT2D eigenvalue weighted by atomic mass is 9.88. The second kappa shape index (κ2) is 6.22. The van der Waals surface area contributed by atoms with Gasteiger partial charge in [0.1, 0.15) is 0 Å². The minimum atomic E-state index is -0.534. The number of nitriles is 1. The summed E-state index contributed by atoms with van der Waals surface area (Å²) in [7, 11) is 0. The number of hydrogen-bond donors (Lipinski definition) is 2. The lowest BCUT2D eigenvalue weighted by Crippen LogP contribution is -2.47. The normalized spacial score (nSPS) is 12.1. The van der Waals surface area contributed by atoms with E-state index in [1.165, 1.54) is 18.2 Å². The monoisotopic (exact) mass is 289 g/mol. The quantitative estimate of drug-likeness (QED) is 0.222. The Labute approximate surface area is 123 Å². The van der Waals surface area contributed by atoms with Gasteiger partial charge in [-0.2, -0.15) is 5.26 Å². The molecule has 1 aromatic carbocycles. The molecule has 2 N–H and O–H groups in total. The highest BCUT2D eigenvalue weighted by molar-refractivity contribution is 5.96. The van der Waals surface area contributed by atoms with Crippen LogP contribution in [0.2, 0.25) is 0 Å². The first kappa shape index (κ1) is 16.4. The van der Waals surface area contributed by atoms with Gasteiger partial charge in [-0.25, -0.2) is 4.90 Å². The average Bonchev–Trinajstić information content (AvgIpc) is 2.38. The zero-order chi connectivity index (χ0) is 16.2. The Hall–Kier alpha value is -2.62. The molecule has 1 unspecified atom stereocenters. The van der Waals surface area contributed by atoms with Gasteiger partial charge in [-0.15, -0.1) is 0 Å². The van der Waals surface area contributed by atoms with E-state index < -0.39 is 4.92 Å². The van der Waals surface area contributed by atoms with Gasteiger partial charge in [-0.3, -0.25) is 15.5 Å². The SMILES string of the molecule is CC(NC(=N)N(C#N)c1cccc([N+](=O)[O-])c1)C(C)(C)C. The summed E-state index contributed by atoms with van der Waals surface area (Å²) in [4.78, 5) is 11.3. The Morgan fingerprint density at radius 2 is 2.14 bits per heavy atom. The molecule has 0 aromatic heterocycles. The minimum Gasteiger partial charge on any atom is -0.352 e. The predicted molar refractivity (Wildman–Crippen MR) is 81.0 cm³/mol. The average molecular weight is 289 g/mol. The molecule has 7 heteroatoms. The number of guanidine groups is 1. The molecule has 1 atom stereocenters. The molecular weight excluding hydrogens is 270 g/mol. The van der Waals surface area contributed by atoms with Gasteiger partial charge >= 0.3 is 0 Å². The molecule has 0 aliphatic heterocycles. The molecule has 0 bridgehead atoms. The lowest BCUT2D eigenvalue weighted by Gasteiger charge is -2.30. The van der Waals surface area contributed by atoms with E-state index >= 15 is 0 Å². The molecule has 1 aromatic rings. The van der Waals surface area contributed by atoms with Gasteiger partial charge < -0.3 is 5.32 Å². The lowest BCUT2D eigenvalue weighted by molar-refractivity contribution is -0.384. The predicted octanol–water partition coefficient (Wildman–Crippen LogP) is 2.84. The van der Waals surface area contributed by atoms with E-state index in [1.54, 1.807) is 6.07 Å². The molecule has 0 aliphatic carbocycles. The van der Waals surface area contributed by atoms with Crippen LogP contribution < -0.4 is 10.2 Å². The number of hydrogen-bond acceptors (Lipinski definition) is 4. The van der Waals surface area contributed by atoms with Gasteiger partial charge in [0.25, 0.3) is 5.69 Å². The number of non-ortho nitro benzene ring substituents is 1. The van der Waals surface area contributed by atoms with Crippen LogP contribution in [0.25, 0.3) is 0 Å². The molecule has 1 rings (SSSR count). The van der Waals surface area contributed by atoms with Crippen LogP contribution in [0.3, 0.4) is 0 Å². The second-order valence-electron chi connectivity index (χ2n) is 5.79. The summed E-state index contributed by atoms with van der Waals surface area (Å²) in [6.07, 6.45) is 1.86. The molecule has 0 saturated carbocycles.